The molecule has 2 heterocycles. The number of ether oxygens (including phenoxy) is 1. The molecule has 0 aliphatic rings. The lowest BCUT2D eigenvalue weighted by Gasteiger charge is -2.14. The number of carbonyl (C=O) groups excluding carboxylic acids is 2. The number of thiocarbonyl (C=S) groups is 1. The molecule has 0 saturated carbocycles. The number of rotatable bonds is 6. The van der Waals surface area contributed by atoms with Crippen molar-refractivity contribution < 1.29 is 23.2 Å². The number of anilines is 2. The van der Waals surface area contributed by atoms with Crippen LogP contribution in [0.5, 0.6) is 5.75 Å². The quantitative estimate of drug-likeness (QED) is 0.254. The molecule has 0 saturated heterocycles. The number of hydrogen-bond acceptors (Lipinski definition) is 6. The van der Waals surface area contributed by atoms with Crippen LogP contribution in [0.4, 0.5) is 11.4 Å². The van der Waals surface area contributed by atoms with Crippen molar-refractivity contribution >= 4 is 63.7 Å². The number of carbonyl (C=O) groups is 2. The van der Waals surface area contributed by atoms with Gasteiger partial charge in [0.05, 0.1) is 29.1 Å². The summed E-state index contributed by atoms with van der Waals surface area (Å²) in [4.78, 5) is 24.9. The third kappa shape index (κ3) is 5.65. The molecule has 178 valence electrons. The Morgan fingerprint density at radius 3 is 2.51 bits per heavy atom. The average molecular weight is 530 g/mol. The van der Waals surface area contributed by atoms with Gasteiger partial charge < -0.3 is 24.2 Å². The smallest absolute Gasteiger partial charge is 0.293 e. The van der Waals surface area contributed by atoms with Crippen LogP contribution in [0.25, 0.3) is 11.3 Å². The number of furan rings is 2. The minimum absolute atomic E-state index is 0.0125. The van der Waals surface area contributed by atoms with Crippen LogP contribution in [0.2, 0.25) is 10.0 Å². The zero-order valence-electron chi connectivity index (χ0n) is 18.1. The first-order chi connectivity index (χ1) is 16.9. The Morgan fingerprint density at radius 1 is 0.943 bits per heavy atom. The molecule has 2 aromatic heterocycles. The van der Waals surface area contributed by atoms with Gasteiger partial charge in [-0.2, -0.15) is 0 Å². The monoisotopic (exact) mass is 529 g/mol. The first kappa shape index (κ1) is 24.3. The molecule has 0 spiro atoms. The van der Waals surface area contributed by atoms with Crippen molar-refractivity contribution in [2.45, 2.75) is 0 Å². The van der Waals surface area contributed by atoms with Crippen molar-refractivity contribution in [3.05, 3.63) is 88.5 Å². The molecule has 0 bridgehead atoms. The van der Waals surface area contributed by atoms with Gasteiger partial charge in [0.15, 0.2) is 16.6 Å². The van der Waals surface area contributed by atoms with Crippen LogP contribution in [0.1, 0.15) is 21.1 Å². The average Bonchev–Trinajstić information content (AvgIpc) is 3.54. The number of amides is 2. The maximum Gasteiger partial charge on any atom is 0.293 e. The molecular formula is C24H17Cl2N3O5S. The van der Waals surface area contributed by atoms with E-state index in [2.05, 4.69) is 16.0 Å². The van der Waals surface area contributed by atoms with Crippen molar-refractivity contribution in [3.8, 4) is 17.1 Å². The van der Waals surface area contributed by atoms with Crippen LogP contribution in [0.15, 0.2) is 75.8 Å². The molecule has 0 unspecified atom stereocenters. The molecule has 2 aromatic carbocycles. The van der Waals surface area contributed by atoms with E-state index in [1.807, 2.05) is 0 Å². The summed E-state index contributed by atoms with van der Waals surface area (Å²) in [7, 11) is 1.48. The lowest BCUT2D eigenvalue weighted by atomic mass is 10.2. The molecule has 0 fully saturated rings. The van der Waals surface area contributed by atoms with Gasteiger partial charge in [0.1, 0.15) is 11.5 Å². The number of halogens is 2. The Labute approximate surface area is 215 Å². The summed E-state index contributed by atoms with van der Waals surface area (Å²) in [6.07, 6.45) is 1.41. The molecule has 8 nitrogen and oxygen atoms in total. The second-order valence-electron chi connectivity index (χ2n) is 7.02. The fourth-order valence-electron chi connectivity index (χ4n) is 3.10. The van der Waals surface area contributed by atoms with Gasteiger partial charge >= 0.3 is 0 Å². The molecule has 2 amide bonds. The molecule has 0 aliphatic carbocycles. The first-order valence-corrected chi connectivity index (χ1v) is 11.2. The Kier molecular flexibility index (Phi) is 7.40. The van der Waals surface area contributed by atoms with Crippen LogP contribution in [0, 0.1) is 0 Å². The van der Waals surface area contributed by atoms with E-state index in [1.54, 1.807) is 54.6 Å². The van der Waals surface area contributed by atoms with Crippen molar-refractivity contribution in [1.82, 2.24) is 5.32 Å². The van der Waals surface area contributed by atoms with Gasteiger partial charge in [-0.25, -0.2) is 0 Å². The summed E-state index contributed by atoms with van der Waals surface area (Å²) in [6, 6.07) is 16.3. The van der Waals surface area contributed by atoms with Gasteiger partial charge in [0.2, 0.25) is 0 Å². The Hall–Kier alpha value is -3.79. The van der Waals surface area contributed by atoms with Crippen LogP contribution in [0.3, 0.4) is 0 Å². The van der Waals surface area contributed by atoms with Crippen LogP contribution in [-0.4, -0.2) is 24.0 Å². The largest absolute Gasteiger partial charge is 0.495 e. The van der Waals surface area contributed by atoms with Crippen molar-refractivity contribution in [1.29, 1.82) is 0 Å². The van der Waals surface area contributed by atoms with Gasteiger partial charge in [-0.15, -0.1) is 0 Å². The molecule has 35 heavy (non-hydrogen) atoms. The predicted molar refractivity (Wildman–Crippen MR) is 138 cm³/mol. The summed E-state index contributed by atoms with van der Waals surface area (Å²) < 4.78 is 16.1. The summed E-state index contributed by atoms with van der Waals surface area (Å²) in [5, 5.41) is 8.81. The van der Waals surface area contributed by atoms with E-state index in [0.29, 0.717) is 38.5 Å². The Bertz CT molecular complexity index is 1400. The number of methoxy groups -OCH3 is 1. The van der Waals surface area contributed by atoms with Gasteiger partial charge in [-0.05, 0) is 66.8 Å². The van der Waals surface area contributed by atoms with E-state index < -0.39 is 11.8 Å². The number of nitrogens with one attached hydrogen (secondary N) is 3. The van der Waals surface area contributed by atoms with E-state index in [1.165, 1.54) is 19.4 Å². The predicted octanol–water partition coefficient (Wildman–Crippen LogP) is 6.23. The van der Waals surface area contributed by atoms with E-state index in [9.17, 15) is 9.59 Å². The van der Waals surface area contributed by atoms with Gasteiger partial charge in [-0.1, -0.05) is 29.3 Å². The summed E-state index contributed by atoms with van der Waals surface area (Å²) in [5.41, 5.74) is 1.43. The molecule has 3 N–H and O–H groups in total. The van der Waals surface area contributed by atoms with E-state index in [4.69, 9.17) is 49.0 Å². The molecule has 4 aromatic rings. The molecule has 11 heteroatoms. The summed E-state index contributed by atoms with van der Waals surface area (Å²) in [5.74, 6) is 0.00172. The molecule has 0 atom stereocenters. The van der Waals surface area contributed by atoms with E-state index in [0.717, 1.165) is 0 Å². The van der Waals surface area contributed by atoms with Crippen LogP contribution < -0.4 is 20.7 Å². The highest BCUT2D eigenvalue weighted by Crippen LogP contribution is 2.34. The molecule has 0 radical (unpaired) electrons. The summed E-state index contributed by atoms with van der Waals surface area (Å²) >= 11 is 17.6. The fourth-order valence-corrected chi connectivity index (χ4v) is 3.70. The standard InChI is InChI=1S/C24H17Cl2N3O5S/c1-32-18-8-7-13(27-22(30)19-6-3-11-33-19)12-16(18)28-24(35)29-23(31)20-10-9-17(34-20)14-4-2-5-15(25)21(14)26/h2-12H,1H3,(H,27,30)(H2,28,29,31,35). The maximum absolute atomic E-state index is 12.6. The zero-order valence-corrected chi connectivity index (χ0v) is 20.4. The lowest BCUT2D eigenvalue weighted by Crippen LogP contribution is -2.34. The Balaban J connectivity index is 1.44. The number of hydrogen-bond donors (Lipinski definition) is 3. The highest BCUT2D eigenvalue weighted by molar-refractivity contribution is 7.80. The normalized spacial score (nSPS) is 10.5. The third-order valence-electron chi connectivity index (χ3n) is 4.72. The van der Waals surface area contributed by atoms with Crippen molar-refractivity contribution in [2.24, 2.45) is 0 Å². The zero-order chi connectivity index (χ0) is 24.9. The molecule has 0 aliphatic heterocycles. The first-order valence-electron chi connectivity index (χ1n) is 10.0. The lowest BCUT2D eigenvalue weighted by molar-refractivity contribution is 0.0950. The van der Waals surface area contributed by atoms with Crippen LogP contribution in [-0.2, 0) is 0 Å². The van der Waals surface area contributed by atoms with Gasteiger partial charge in [0, 0.05) is 11.3 Å². The second kappa shape index (κ2) is 10.6. The van der Waals surface area contributed by atoms with Crippen molar-refractivity contribution in [2.75, 3.05) is 17.7 Å². The third-order valence-corrected chi connectivity index (χ3v) is 5.75. The summed E-state index contributed by atoms with van der Waals surface area (Å²) in [6.45, 7) is 0. The minimum Gasteiger partial charge on any atom is -0.495 e. The maximum atomic E-state index is 12.6. The highest BCUT2D eigenvalue weighted by atomic mass is 35.5. The van der Waals surface area contributed by atoms with E-state index in [-0.39, 0.29) is 16.6 Å². The Morgan fingerprint density at radius 2 is 1.77 bits per heavy atom. The van der Waals surface area contributed by atoms with E-state index >= 15 is 0 Å². The second-order valence-corrected chi connectivity index (χ2v) is 8.21. The minimum atomic E-state index is -0.576. The highest BCUT2D eigenvalue weighted by Gasteiger charge is 2.17. The fraction of sp³-hybridized carbons (Fsp3) is 0.0417. The SMILES string of the molecule is COc1ccc(NC(=O)c2ccco2)cc1NC(=S)NC(=O)c1ccc(-c2cccc(Cl)c2Cl)o1. The molecule has 4 rings (SSSR count). The number of benzene rings is 2. The van der Waals surface area contributed by atoms with Crippen molar-refractivity contribution in [3.63, 3.8) is 0 Å². The van der Waals surface area contributed by atoms with Gasteiger partial charge in [-0.3, -0.25) is 14.9 Å². The van der Waals surface area contributed by atoms with Gasteiger partial charge in [0.25, 0.3) is 11.8 Å². The molecular weight excluding hydrogens is 513 g/mol. The van der Waals surface area contributed by atoms with Crippen LogP contribution >= 0.6 is 35.4 Å². The topological polar surface area (TPSA) is 106 Å².